The highest BCUT2D eigenvalue weighted by Gasteiger charge is 2.04. The van der Waals surface area contributed by atoms with Crippen molar-refractivity contribution in [2.45, 2.75) is 13.0 Å². The second kappa shape index (κ2) is 4.62. The SMILES string of the molecule is CC(N)CNC(=O)c1ccc(N)cc1. The number of nitrogens with one attached hydrogen (secondary N) is 1. The van der Waals surface area contributed by atoms with E-state index in [1.54, 1.807) is 24.3 Å². The summed E-state index contributed by atoms with van der Waals surface area (Å²) in [6.07, 6.45) is 0. The van der Waals surface area contributed by atoms with Gasteiger partial charge in [-0.3, -0.25) is 4.79 Å². The van der Waals surface area contributed by atoms with Crippen molar-refractivity contribution in [3.8, 4) is 0 Å². The molecule has 1 amide bonds. The van der Waals surface area contributed by atoms with Gasteiger partial charge < -0.3 is 16.8 Å². The first-order valence-corrected chi connectivity index (χ1v) is 4.49. The summed E-state index contributed by atoms with van der Waals surface area (Å²) in [7, 11) is 0. The Morgan fingerprint density at radius 2 is 2.00 bits per heavy atom. The molecule has 0 heterocycles. The Morgan fingerprint density at radius 1 is 1.43 bits per heavy atom. The van der Waals surface area contributed by atoms with Crippen LogP contribution in [0.15, 0.2) is 24.3 Å². The molecule has 14 heavy (non-hydrogen) atoms. The van der Waals surface area contributed by atoms with Crippen LogP contribution in [0.25, 0.3) is 0 Å². The van der Waals surface area contributed by atoms with Crippen LogP contribution in [0.1, 0.15) is 17.3 Å². The third-order valence-electron chi connectivity index (χ3n) is 1.76. The van der Waals surface area contributed by atoms with Gasteiger partial charge in [-0.1, -0.05) is 0 Å². The molecule has 4 nitrogen and oxygen atoms in total. The van der Waals surface area contributed by atoms with E-state index in [4.69, 9.17) is 11.5 Å². The number of carbonyl (C=O) groups is 1. The van der Waals surface area contributed by atoms with E-state index >= 15 is 0 Å². The largest absolute Gasteiger partial charge is 0.399 e. The van der Waals surface area contributed by atoms with Crippen LogP contribution in [-0.2, 0) is 0 Å². The second-order valence-corrected chi connectivity index (χ2v) is 3.31. The fourth-order valence-electron chi connectivity index (χ4n) is 0.990. The Morgan fingerprint density at radius 3 is 2.50 bits per heavy atom. The maximum Gasteiger partial charge on any atom is 0.251 e. The van der Waals surface area contributed by atoms with Crippen LogP contribution >= 0.6 is 0 Å². The lowest BCUT2D eigenvalue weighted by atomic mass is 10.2. The van der Waals surface area contributed by atoms with Gasteiger partial charge in [0.05, 0.1) is 0 Å². The molecule has 5 N–H and O–H groups in total. The highest BCUT2D eigenvalue weighted by atomic mass is 16.1. The molecule has 1 aromatic rings. The van der Waals surface area contributed by atoms with E-state index in [-0.39, 0.29) is 11.9 Å². The third-order valence-corrected chi connectivity index (χ3v) is 1.76. The minimum Gasteiger partial charge on any atom is -0.399 e. The Kier molecular flexibility index (Phi) is 3.48. The Labute approximate surface area is 83.3 Å². The van der Waals surface area contributed by atoms with Gasteiger partial charge in [0.2, 0.25) is 0 Å². The van der Waals surface area contributed by atoms with E-state index in [0.717, 1.165) is 0 Å². The highest BCUT2D eigenvalue weighted by molar-refractivity contribution is 5.94. The molecule has 1 unspecified atom stereocenters. The Hall–Kier alpha value is -1.55. The average Bonchev–Trinajstić information content (AvgIpc) is 2.15. The molecule has 1 aromatic carbocycles. The Bertz CT molecular complexity index is 306. The highest BCUT2D eigenvalue weighted by Crippen LogP contribution is 2.04. The number of hydrogen-bond donors (Lipinski definition) is 3. The molecule has 1 rings (SSSR count). The zero-order valence-corrected chi connectivity index (χ0v) is 8.16. The van der Waals surface area contributed by atoms with Crippen molar-refractivity contribution in [3.05, 3.63) is 29.8 Å². The van der Waals surface area contributed by atoms with E-state index in [1.807, 2.05) is 6.92 Å². The van der Waals surface area contributed by atoms with E-state index in [9.17, 15) is 4.79 Å². The predicted molar refractivity (Wildman–Crippen MR) is 56.8 cm³/mol. The summed E-state index contributed by atoms with van der Waals surface area (Å²) in [5.41, 5.74) is 12.2. The number of rotatable bonds is 3. The first-order valence-electron chi connectivity index (χ1n) is 4.49. The van der Waals surface area contributed by atoms with E-state index < -0.39 is 0 Å². The molecule has 0 saturated heterocycles. The van der Waals surface area contributed by atoms with Gasteiger partial charge in [0.1, 0.15) is 0 Å². The van der Waals surface area contributed by atoms with Crippen molar-refractivity contribution in [2.75, 3.05) is 12.3 Å². The molecule has 0 aliphatic rings. The number of carbonyl (C=O) groups excluding carboxylic acids is 1. The van der Waals surface area contributed by atoms with Gasteiger partial charge in [-0.15, -0.1) is 0 Å². The molecule has 0 spiro atoms. The summed E-state index contributed by atoms with van der Waals surface area (Å²) in [4.78, 5) is 11.5. The smallest absolute Gasteiger partial charge is 0.251 e. The lowest BCUT2D eigenvalue weighted by Crippen LogP contribution is -2.35. The lowest BCUT2D eigenvalue weighted by Gasteiger charge is -2.07. The van der Waals surface area contributed by atoms with Gasteiger partial charge in [-0.05, 0) is 31.2 Å². The van der Waals surface area contributed by atoms with Crippen LogP contribution in [0, 0.1) is 0 Å². The molecule has 0 aliphatic carbocycles. The van der Waals surface area contributed by atoms with Crippen LogP contribution in [-0.4, -0.2) is 18.5 Å². The van der Waals surface area contributed by atoms with E-state index in [2.05, 4.69) is 5.32 Å². The third kappa shape index (κ3) is 3.06. The molecule has 0 fully saturated rings. The van der Waals surface area contributed by atoms with E-state index in [0.29, 0.717) is 17.8 Å². The fraction of sp³-hybridized carbons (Fsp3) is 0.300. The lowest BCUT2D eigenvalue weighted by molar-refractivity contribution is 0.0952. The van der Waals surface area contributed by atoms with Gasteiger partial charge in [0, 0.05) is 23.8 Å². The van der Waals surface area contributed by atoms with Crippen molar-refractivity contribution < 1.29 is 4.79 Å². The molecule has 0 radical (unpaired) electrons. The minimum atomic E-state index is -0.123. The normalized spacial score (nSPS) is 12.1. The number of nitrogen functional groups attached to an aromatic ring is 1. The molecular formula is C10H15N3O. The summed E-state index contributed by atoms with van der Waals surface area (Å²) >= 11 is 0. The molecule has 0 bridgehead atoms. The van der Waals surface area contributed by atoms with Gasteiger partial charge in [0.25, 0.3) is 5.91 Å². The maximum atomic E-state index is 11.5. The topological polar surface area (TPSA) is 81.1 Å². The first-order chi connectivity index (χ1) is 6.59. The van der Waals surface area contributed by atoms with Crippen LogP contribution in [0.4, 0.5) is 5.69 Å². The maximum absolute atomic E-state index is 11.5. The molecule has 76 valence electrons. The number of hydrogen-bond acceptors (Lipinski definition) is 3. The summed E-state index contributed by atoms with van der Waals surface area (Å²) in [5, 5.41) is 2.71. The zero-order valence-electron chi connectivity index (χ0n) is 8.16. The van der Waals surface area contributed by atoms with Crippen LogP contribution in [0.3, 0.4) is 0 Å². The quantitative estimate of drug-likeness (QED) is 0.606. The van der Waals surface area contributed by atoms with Gasteiger partial charge in [-0.25, -0.2) is 0 Å². The monoisotopic (exact) mass is 193 g/mol. The first kappa shape index (κ1) is 10.5. The van der Waals surface area contributed by atoms with Crippen molar-refractivity contribution in [2.24, 2.45) is 5.73 Å². The van der Waals surface area contributed by atoms with Crippen molar-refractivity contribution in [1.82, 2.24) is 5.32 Å². The zero-order chi connectivity index (χ0) is 10.6. The Balaban J connectivity index is 2.57. The van der Waals surface area contributed by atoms with Gasteiger partial charge in [-0.2, -0.15) is 0 Å². The van der Waals surface area contributed by atoms with Crippen molar-refractivity contribution >= 4 is 11.6 Å². The molecule has 0 aliphatic heterocycles. The molecule has 4 heteroatoms. The number of anilines is 1. The molecular weight excluding hydrogens is 178 g/mol. The van der Waals surface area contributed by atoms with Crippen LogP contribution in [0.5, 0.6) is 0 Å². The summed E-state index contributed by atoms with van der Waals surface area (Å²) in [6, 6.07) is 6.73. The number of benzene rings is 1. The average molecular weight is 193 g/mol. The van der Waals surface area contributed by atoms with Crippen LogP contribution in [0.2, 0.25) is 0 Å². The molecule has 0 saturated carbocycles. The molecule has 1 atom stereocenters. The number of amides is 1. The predicted octanol–water partition coefficient (Wildman–Crippen LogP) is 0.346. The van der Waals surface area contributed by atoms with Crippen molar-refractivity contribution in [3.63, 3.8) is 0 Å². The van der Waals surface area contributed by atoms with Crippen LogP contribution < -0.4 is 16.8 Å². The van der Waals surface area contributed by atoms with E-state index in [1.165, 1.54) is 0 Å². The van der Waals surface area contributed by atoms with Gasteiger partial charge in [0.15, 0.2) is 0 Å². The second-order valence-electron chi connectivity index (χ2n) is 3.31. The minimum absolute atomic E-state index is 0.0345. The fourth-order valence-corrected chi connectivity index (χ4v) is 0.990. The summed E-state index contributed by atoms with van der Waals surface area (Å²) in [5.74, 6) is -0.123. The van der Waals surface area contributed by atoms with Gasteiger partial charge >= 0.3 is 0 Å². The number of nitrogens with two attached hydrogens (primary N) is 2. The van der Waals surface area contributed by atoms with Crippen molar-refractivity contribution in [1.29, 1.82) is 0 Å². The summed E-state index contributed by atoms with van der Waals surface area (Å²) < 4.78 is 0. The standard InChI is InChI=1S/C10H15N3O/c1-7(11)6-13-10(14)8-2-4-9(12)5-3-8/h2-5,7H,6,11-12H2,1H3,(H,13,14). The summed E-state index contributed by atoms with van der Waals surface area (Å²) in [6.45, 7) is 2.31. The molecule has 0 aromatic heterocycles.